The smallest absolute Gasteiger partial charge is 0.311 e. The van der Waals surface area contributed by atoms with Gasteiger partial charge in [-0.3, -0.25) is 19.3 Å². The van der Waals surface area contributed by atoms with Crippen LogP contribution in [0.2, 0.25) is 0 Å². The SMILES string of the molecule is CCCOC(=O)[C@H]1CCC[C@@H]1N1C(=O)C=CC1=O. The summed E-state index contributed by atoms with van der Waals surface area (Å²) in [4.78, 5) is 36.3. The van der Waals surface area contributed by atoms with Gasteiger partial charge in [0.05, 0.1) is 18.6 Å². The number of hydrogen-bond acceptors (Lipinski definition) is 4. The van der Waals surface area contributed by atoms with Crippen LogP contribution in [0.5, 0.6) is 0 Å². The van der Waals surface area contributed by atoms with Crippen LogP contribution in [-0.4, -0.2) is 35.3 Å². The van der Waals surface area contributed by atoms with E-state index in [1.807, 2.05) is 6.92 Å². The molecule has 1 aliphatic carbocycles. The van der Waals surface area contributed by atoms with Gasteiger partial charge in [0.1, 0.15) is 0 Å². The van der Waals surface area contributed by atoms with E-state index in [0.29, 0.717) is 19.4 Å². The van der Waals surface area contributed by atoms with Gasteiger partial charge >= 0.3 is 5.97 Å². The molecule has 2 atom stereocenters. The molecule has 2 rings (SSSR count). The topological polar surface area (TPSA) is 63.7 Å². The van der Waals surface area contributed by atoms with Gasteiger partial charge in [-0.1, -0.05) is 13.3 Å². The molecule has 0 bridgehead atoms. The minimum absolute atomic E-state index is 0.285. The van der Waals surface area contributed by atoms with Crippen LogP contribution >= 0.6 is 0 Å². The molecule has 0 aromatic carbocycles. The van der Waals surface area contributed by atoms with Crippen LogP contribution in [0, 0.1) is 5.92 Å². The Bertz CT molecular complexity index is 384. The monoisotopic (exact) mass is 251 g/mol. The van der Waals surface area contributed by atoms with Gasteiger partial charge in [-0.15, -0.1) is 0 Å². The number of carbonyl (C=O) groups is 3. The van der Waals surface area contributed by atoms with Crippen molar-refractivity contribution < 1.29 is 19.1 Å². The van der Waals surface area contributed by atoms with Crippen LogP contribution in [-0.2, 0) is 19.1 Å². The Morgan fingerprint density at radius 2 is 2.00 bits per heavy atom. The molecular formula is C13H17NO4. The highest BCUT2D eigenvalue weighted by Crippen LogP contribution is 2.32. The molecule has 18 heavy (non-hydrogen) atoms. The van der Waals surface area contributed by atoms with E-state index in [2.05, 4.69) is 0 Å². The molecule has 0 spiro atoms. The Balaban J connectivity index is 2.06. The van der Waals surface area contributed by atoms with Gasteiger partial charge in [0.2, 0.25) is 0 Å². The van der Waals surface area contributed by atoms with Crippen molar-refractivity contribution in [2.45, 2.75) is 38.6 Å². The first-order valence-electron chi connectivity index (χ1n) is 6.37. The number of rotatable bonds is 4. The first-order chi connectivity index (χ1) is 8.65. The number of imide groups is 1. The zero-order valence-electron chi connectivity index (χ0n) is 10.4. The average Bonchev–Trinajstić information content (AvgIpc) is 2.93. The third-order valence-corrected chi connectivity index (χ3v) is 3.41. The Morgan fingerprint density at radius 3 is 2.61 bits per heavy atom. The van der Waals surface area contributed by atoms with Crippen LogP contribution in [0.3, 0.4) is 0 Å². The Hall–Kier alpha value is -1.65. The van der Waals surface area contributed by atoms with Gasteiger partial charge < -0.3 is 4.74 Å². The minimum Gasteiger partial charge on any atom is -0.465 e. The summed E-state index contributed by atoms with van der Waals surface area (Å²) in [5, 5.41) is 0. The molecule has 0 radical (unpaired) electrons. The molecular weight excluding hydrogens is 234 g/mol. The maximum absolute atomic E-state index is 11.9. The summed E-state index contributed by atoms with van der Waals surface area (Å²) in [5.41, 5.74) is 0. The second-order valence-electron chi connectivity index (χ2n) is 4.65. The molecule has 98 valence electrons. The summed E-state index contributed by atoms with van der Waals surface area (Å²) >= 11 is 0. The van der Waals surface area contributed by atoms with Gasteiger partial charge in [-0.2, -0.15) is 0 Å². The first kappa shape index (κ1) is 12.8. The molecule has 5 heteroatoms. The predicted molar refractivity (Wildman–Crippen MR) is 63.4 cm³/mol. The number of esters is 1. The average molecular weight is 251 g/mol. The van der Waals surface area contributed by atoms with Gasteiger partial charge in [0.15, 0.2) is 0 Å². The van der Waals surface area contributed by atoms with Crippen molar-refractivity contribution in [3.63, 3.8) is 0 Å². The second kappa shape index (κ2) is 5.33. The lowest BCUT2D eigenvalue weighted by Crippen LogP contribution is -2.44. The maximum Gasteiger partial charge on any atom is 0.311 e. The molecule has 2 amide bonds. The molecule has 0 aromatic rings. The van der Waals surface area contributed by atoms with Crippen LogP contribution < -0.4 is 0 Å². The Morgan fingerprint density at radius 1 is 1.33 bits per heavy atom. The fourth-order valence-electron chi connectivity index (χ4n) is 2.57. The van der Waals surface area contributed by atoms with Crippen LogP contribution in [0.15, 0.2) is 12.2 Å². The van der Waals surface area contributed by atoms with Crippen LogP contribution in [0.4, 0.5) is 0 Å². The molecule has 1 fully saturated rings. The fraction of sp³-hybridized carbons (Fsp3) is 0.615. The number of carbonyl (C=O) groups excluding carboxylic acids is 3. The van der Waals surface area contributed by atoms with E-state index in [1.165, 1.54) is 17.1 Å². The predicted octanol–water partition coefficient (Wildman–Crippen LogP) is 1.03. The molecule has 0 unspecified atom stereocenters. The van der Waals surface area contributed by atoms with Crippen molar-refractivity contribution in [1.82, 2.24) is 4.90 Å². The highest BCUT2D eigenvalue weighted by Gasteiger charge is 2.42. The van der Waals surface area contributed by atoms with Gasteiger partial charge in [-0.25, -0.2) is 0 Å². The minimum atomic E-state index is -0.357. The van der Waals surface area contributed by atoms with E-state index in [4.69, 9.17) is 4.74 Å². The van der Waals surface area contributed by atoms with Crippen LogP contribution in [0.1, 0.15) is 32.6 Å². The lowest BCUT2D eigenvalue weighted by atomic mass is 10.0. The number of nitrogens with zero attached hydrogens (tertiary/aromatic N) is 1. The highest BCUT2D eigenvalue weighted by atomic mass is 16.5. The van der Waals surface area contributed by atoms with E-state index in [9.17, 15) is 14.4 Å². The standard InChI is InChI=1S/C13H17NO4/c1-2-8-18-13(17)9-4-3-5-10(9)14-11(15)6-7-12(14)16/h6-7,9-10H,2-5,8H2,1H3/t9-,10-/m0/s1. The normalized spacial score (nSPS) is 27.1. The molecule has 1 saturated carbocycles. The molecule has 0 N–H and O–H groups in total. The maximum atomic E-state index is 11.9. The molecule has 1 heterocycles. The third kappa shape index (κ3) is 2.30. The molecule has 0 aromatic heterocycles. The number of amides is 2. The zero-order valence-corrected chi connectivity index (χ0v) is 10.4. The Kier molecular flexibility index (Phi) is 3.79. The summed E-state index contributed by atoms with van der Waals surface area (Å²) in [6, 6.07) is -0.329. The quantitative estimate of drug-likeness (QED) is 0.553. The fourth-order valence-corrected chi connectivity index (χ4v) is 2.57. The van der Waals surface area contributed by atoms with Gasteiger partial charge in [0, 0.05) is 12.2 Å². The molecule has 0 saturated heterocycles. The summed E-state index contributed by atoms with van der Waals surface area (Å²) in [5.74, 6) is -1.28. The van der Waals surface area contributed by atoms with Crippen molar-refractivity contribution in [2.75, 3.05) is 6.61 Å². The first-order valence-corrected chi connectivity index (χ1v) is 6.37. The second-order valence-corrected chi connectivity index (χ2v) is 4.65. The molecule has 5 nitrogen and oxygen atoms in total. The van der Waals surface area contributed by atoms with Crippen molar-refractivity contribution in [3.05, 3.63) is 12.2 Å². The van der Waals surface area contributed by atoms with Crippen molar-refractivity contribution in [2.24, 2.45) is 5.92 Å². The van der Waals surface area contributed by atoms with E-state index in [1.54, 1.807) is 0 Å². The van der Waals surface area contributed by atoms with Crippen molar-refractivity contribution in [1.29, 1.82) is 0 Å². The number of hydrogen-bond donors (Lipinski definition) is 0. The molecule has 2 aliphatic rings. The lowest BCUT2D eigenvalue weighted by Gasteiger charge is -2.26. The van der Waals surface area contributed by atoms with E-state index < -0.39 is 0 Å². The van der Waals surface area contributed by atoms with E-state index >= 15 is 0 Å². The van der Waals surface area contributed by atoms with Gasteiger partial charge in [0.25, 0.3) is 11.8 Å². The van der Waals surface area contributed by atoms with E-state index in [-0.39, 0.29) is 29.7 Å². The third-order valence-electron chi connectivity index (χ3n) is 3.41. The van der Waals surface area contributed by atoms with Crippen molar-refractivity contribution in [3.8, 4) is 0 Å². The summed E-state index contributed by atoms with van der Waals surface area (Å²) < 4.78 is 5.13. The summed E-state index contributed by atoms with van der Waals surface area (Å²) in [6.45, 7) is 2.32. The van der Waals surface area contributed by atoms with E-state index in [0.717, 1.165) is 12.8 Å². The van der Waals surface area contributed by atoms with Crippen molar-refractivity contribution >= 4 is 17.8 Å². The van der Waals surface area contributed by atoms with Gasteiger partial charge in [-0.05, 0) is 19.3 Å². The van der Waals surface area contributed by atoms with Crippen LogP contribution in [0.25, 0.3) is 0 Å². The number of ether oxygens (including phenoxy) is 1. The summed E-state index contributed by atoms with van der Waals surface area (Å²) in [7, 11) is 0. The Labute approximate surface area is 106 Å². The zero-order chi connectivity index (χ0) is 13.1. The summed E-state index contributed by atoms with van der Waals surface area (Å²) in [6.07, 6.45) is 5.50. The largest absolute Gasteiger partial charge is 0.465 e. The molecule has 1 aliphatic heterocycles. The lowest BCUT2D eigenvalue weighted by molar-refractivity contribution is -0.152. The highest BCUT2D eigenvalue weighted by molar-refractivity contribution is 6.13.